The summed E-state index contributed by atoms with van der Waals surface area (Å²) in [6.07, 6.45) is 1.55. The second kappa shape index (κ2) is 11.1. The van der Waals surface area contributed by atoms with Gasteiger partial charge in [0.15, 0.2) is 0 Å². The summed E-state index contributed by atoms with van der Waals surface area (Å²) in [6, 6.07) is 25.7. The van der Waals surface area contributed by atoms with E-state index >= 15 is 0 Å². The average Bonchev–Trinajstić information content (AvgIpc) is 2.80. The average molecular weight is 421 g/mol. The first kappa shape index (κ1) is 21.5. The Morgan fingerprint density at radius 2 is 1.60 bits per heavy atom. The molecular formula is C24H24N2O3S. The van der Waals surface area contributed by atoms with Crippen molar-refractivity contribution < 1.29 is 14.3 Å². The van der Waals surface area contributed by atoms with Crippen LogP contribution in [-0.2, 0) is 4.79 Å². The second-order valence-electron chi connectivity index (χ2n) is 6.41. The molecule has 0 spiro atoms. The highest BCUT2D eigenvalue weighted by Crippen LogP contribution is 2.35. The van der Waals surface area contributed by atoms with Crippen molar-refractivity contribution in [1.29, 1.82) is 0 Å². The maximum atomic E-state index is 12.4. The quantitative estimate of drug-likeness (QED) is 0.403. The molecule has 0 saturated carbocycles. The van der Waals surface area contributed by atoms with Crippen molar-refractivity contribution in [2.75, 3.05) is 20.0 Å². The van der Waals surface area contributed by atoms with Gasteiger partial charge in [-0.05, 0) is 29.3 Å². The lowest BCUT2D eigenvalue weighted by Gasteiger charge is -2.17. The molecule has 0 aromatic heterocycles. The number of hydrogen-bond acceptors (Lipinski definition) is 5. The van der Waals surface area contributed by atoms with Crippen molar-refractivity contribution in [3.05, 3.63) is 95.6 Å². The van der Waals surface area contributed by atoms with Crippen molar-refractivity contribution in [2.24, 2.45) is 5.10 Å². The highest BCUT2D eigenvalue weighted by molar-refractivity contribution is 8.00. The topological polar surface area (TPSA) is 59.9 Å². The minimum absolute atomic E-state index is 0.0700. The molecule has 5 nitrogen and oxygen atoms in total. The van der Waals surface area contributed by atoms with Crippen LogP contribution >= 0.6 is 11.8 Å². The first-order valence-corrected chi connectivity index (χ1v) is 10.5. The number of amides is 1. The molecule has 3 aromatic carbocycles. The first-order chi connectivity index (χ1) is 14.7. The standard InChI is InChI=1S/C24H24N2O3S/c1-28-21-13-14-22(29-2)20(15-21)16-25-26-23(27)17-30-24(18-9-5-3-6-10-18)19-11-7-4-8-12-19/h3-16,24H,17H2,1-2H3,(H,26,27)/b25-16+. The molecule has 0 fully saturated rings. The molecule has 0 unspecified atom stereocenters. The van der Waals surface area contributed by atoms with Crippen LogP contribution in [-0.4, -0.2) is 32.1 Å². The van der Waals surface area contributed by atoms with E-state index in [0.717, 1.165) is 16.7 Å². The van der Waals surface area contributed by atoms with E-state index in [1.54, 1.807) is 50.4 Å². The van der Waals surface area contributed by atoms with Crippen LogP contribution in [0.15, 0.2) is 84.0 Å². The van der Waals surface area contributed by atoms with Gasteiger partial charge in [-0.1, -0.05) is 60.7 Å². The van der Waals surface area contributed by atoms with Crippen LogP contribution in [0, 0.1) is 0 Å². The van der Waals surface area contributed by atoms with Crippen molar-refractivity contribution in [3.63, 3.8) is 0 Å². The molecule has 6 heteroatoms. The highest BCUT2D eigenvalue weighted by Gasteiger charge is 2.16. The Morgan fingerprint density at radius 3 is 2.17 bits per heavy atom. The van der Waals surface area contributed by atoms with Gasteiger partial charge < -0.3 is 9.47 Å². The van der Waals surface area contributed by atoms with Crippen LogP contribution in [0.25, 0.3) is 0 Å². The van der Waals surface area contributed by atoms with Gasteiger partial charge in [0, 0.05) is 5.56 Å². The summed E-state index contributed by atoms with van der Waals surface area (Å²) in [7, 11) is 3.18. The zero-order chi connectivity index (χ0) is 21.2. The van der Waals surface area contributed by atoms with Gasteiger partial charge in [0.25, 0.3) is 0 Å². The van der Waals surface area contributed by atoms with Crippen LogP contribution in [0.2, 0.25) is 0 Å². The van der Waals surface area contributed by atoms with Crippen LogP contribution < -0.4 is 14.9 Å². The lowest BCUT2D eigenvalue weighted by molar-refractivity contribution is -0.118. The van der Waals surface area contributed by atoms with Gasteiger partial charge in [0.2, 0.25) is 5.91 Å². The molecule has 0 atom stereocenters. The predicted molar refractivity (Wildman–Crippen MR) is 122 cm³/mol. The fraction of sp³-hybridized carbons (Fsp3) is 0.167. The Morgan fingerprint density at radius 1 is 0.967 bits per heavy atom. The number of hydrazone groups is 1. The molecule has 154 valence electrons. The van der Waals surface area contributed by atoms with Gasteiger partial charge in [0.05, 0.1) is 31.4 Å². The van der Waals surface area contributed by atoms with E-state index in [4.69, 9.17) is 9.47 Å². The molecule has 1 N–H and O–H groups in total. The van der Waals surface area contributed by atoms with E-state index in [1.165, 1.54) is 0 Å². The van der Waals surface area contributed by atoms with E-state index in [0.29, 0.717) is 11.5 Å². The van der Waals surface area contributed by atoms with Gasteiger partial charge in [0.1, 0.15) is 11.5 Å². The van der Waals surface area contributed by atoms with Crippen LogP contribution in [0.5, 0.6) is 11.5 Å². The van der Waals surface area contributed by atoms with Crippen LogP contribution in [0.1, 0.15) is 21.9 Å². The third kappa shape index (κ3) is 5.87. The monoisotopic (exact) mass is 420 g/mol. The highest BCUT2D eigenvalue weighted by atomic mass is 32.2. The molecule has 0 radical (unpaired) electrons. The third-order valence-electron chi connectivity index (χ3n) is 4.42. The summed E-state index contributed by atoms with van der Waals surface area (Å²) in [5.41, 5.74) is 5.63. The predicted octanol–water partition coefficient (Wildman–Crippen LogP) is 4.68. The van der Waals surface area contributed by atoms with Crippen molar-refractivity contribution in [3.8, 4) is 11.5 Å². The first-order valence-electron chi connectivity index (χ1n) is 9.46. The molecule has 30 heavy (non-hydrogen) atoms. The van der Waals surface area contributed by atoms with Gasteiger partial charge in [-0.3, -0.25) is 4.79 Å². The largest absolute Gasteiger partial charge is 0.497 e. The SMILES string of the molecule is COc1ccc(OC)c(/C=N/NC(=O)CSC(c2ccccc2)c2ccccc2)c1. The number of hydrogen-bond donors (Lipinski definition) is 1. The van der Waals surface area contributed by atoms with Crippen molar-refractivity contribution in [1.82, 2.24) is 5.43 Å². The number of methoxy groups -OCH3 is 2. The molecule has 0 aliphatic rings. The van der Waals surface area contributed by atoms with Gasteiger partial charge in [-0.15, -0.1) is 11.8 Å². The number of carbonyl (C=O) groups is 1. The second-order valence-corrected chi connectivity index (χ2v) is 7.51. The van der Waals surface area contributed by atoms with Crippen LogP contribution in [0.3, 0.4) is 0 Å². The summed E-state index contributed by atoms with van der Waals surface area (Å²) < 4.78 is 10.5. The van der Waals surface area contributed by atoms with E-state index in [1.807, 2.05) is 36.4 Å². The summed E-state index contributed by atoms with van der Waals surface area (Å²) in [6.45, 7) is 0. The minimum atomic E-state index is -0.171. The fourth-order valence-electron chi connectivity index (χ4n) is 2.95. The maximum Gasteiger partial charge on any atom is 0.250 e. The number of carbonyl (C=O) groups excluding carboxylic acids is 1. The molecule has 3 rings (SSSR count). The zero-order valence-corrected chi connectivity index (χ0v) is 17.8. The normalized spacial score (nSPS) is 10.9. The summed E-state index contributed by atoms with van der Waals surface area (Å²) in [5, 5.41) is 4.15. The third-order valence-corrected chi connectivity index (χ3v) is 5.72. The van der Waals surface area contributed by atoms with Crippen molar-refractivity contribution >= 4 is 23.9 Å². The van der Waals surface area contributed by atoms with E-state index in [2.05, 4.69) is 34.8 Å². The summed E-state index contributed by atoms with van der Waals surface area (Å²) in [4.78, 5) is 12.4. The molecule has 0 saturated heterocycles. The number of nitrogens with one attached hydrogen (secondary N) is 1. The van der Waals surface area contributed by atoms with Gasteiger partial charge in [-0.2, -0.15) is 5.10 Å². The Balaban J connectivity index is 1.63. The molecule has 0 aliphatic carbocycles. The van der Waals surface area contributed by atoms with Gasteiger partial charge in [-0.25, -0.2) is 5.43 Å². The number of ether oxygens (including phenoxy) is 2. The molecule has 3 aromatic rings. The smallest absolute Gasteiger partial charge is 0.250 e. The van der Waals surface area contributed by atoms with Gasteiger partial charge >= 0.3 is 0 Å². The summed E-state index contributed by atoms with van der Waals surface area (Å²) in [5.74, 6) is 1.44. The molecule has 0 heterocycles. The minimum Gasteiger partial charge on any atom is -0.497 e. The molecule has 0 bridgehead atoms. The molecular weight excluding hydrogens is 396 g/mol. The number of nitrogens with zero attached hydrogens (tertiary/aromatic N) is 1. The maximum absolute atomic E-state index is 12.4. The number of thioether (sulfide) groups is 1. The number of rotatable bonds is 9. The lowest BCUT2D eigenvalue weighted by atomic mass is 10.0. The lowest BCUT2D eigenvalue weighted by Crippen LogP contribution is -2.20. The Labute approximate surface area is 181 Å². The number of benzene rings is 3. The molecule has 1 amide bonds. The Kier molecular flexibility index (Phi) is 7.92. The zero-order valence-electron chi connectivity index (χ0n) is 16.9. The van der Waals surface area contributed by atoms with E-state index in [9.17, 15) is 4.79 Å². The van der Waals surface area contributed by atoms with Crippen LogP contribution in [0.4, 0.5) is 0 Å². The van der Waals surface area contributed by atoms with E-state index < -0.39 is 0 Å². The van der Waals surface area contributed by atoms with Crippen molar-refractivity contribution in [2.45, 2.75) is 5.25 Å². The fourth-order valence-corrected chi connectivity index (χ4v) is 4.03. The summed E-state index contributed by atoms with van der Waals surface area (Å²) >= 11 is 1.57. The van der Waals surface area contributed by atoms with E-state index in [-0.39, 0.29) is 16.9 Å². The Bertz CT molecular complexity index is 939. The molecule has 0 aliphatic heterocycles. The Hall–Kier alpha value is -3.25.